The fourth-order valence-electron chi connectivity index (χ4n) is 1.23. The predicted molar refractivity (Wildman–Crippen MR) is 62.6 cm³/mol. The van der Waals surface area contributed by atoms with Crippen LogP contribution in [0.5, 0.6) is 0 Å². The molecule has 0 saturated heterocycles. The summed E-state index contributed by atoms with van der Waals surface area (Å²) in [4.78, 5) is 10.3. The quantitative estimate of drug-likeness (QED) is 0.585. The predicted octanol–water partition coefficient (Wildman–Crippen LogP) is 1.86. The smallest absolute Gasteiger partial charge is 0.303 e. The minimum atomic E-state index is -0.712. The van der Waals surface area contributed by atoms with Crippen molar-refractivity contribution in [1.29, 1.82) is 0 Å². The Balaban J connectivity index is 2.12. The summed E-state index contributed by atoms with van der Waals surface area (Å²) in [5.41, 5.74) is 0. The molecule has 0 unspecified atom stereocenters. The number of hydrogen-bond acceptors (Lipinski definition) is 4. The van der Waals surface area contributed by atoms with Crippen LogP contribution in [-0.2, 0) is 11.8 Å². The maximum absolute atomic E-state index is 10.3. The number of rotatable bonds is 7. The van der Waals surface area contributed by atoms with Gasteiger partial charge in [0.05, 0.1) is 0 Å². The summed E-state index contributed by atoms with van der Waals surface area (Å²) >= 11 is 1.67. The zero-order chi connectivity index (χ0) is 12.0. The van der Waals surface area contributed by atoms with Crippen LogP contribution in [0, 0.1) is 6.92 Å². The fraction of sp³-hybridized carbons (Fsp3) is 0.700. The Bertz CT molecular complexity index is 352. The minimum absolute atomic E-state index is 0.272. The Labute approximate surface area is 99.3 Å². The van der Waals surface area contributed by atoms with Crippen LogP contribution < -0.4 is 0 Å². The normalized spacial score (nSPS) is 10.6. The number of aliphatic carboxylic acids is 1. The summed E-state index contributed by atoms with van der Waals surface area (Å²) in [6.45, 7) is 1.92. The van der Waals surface area contributed by atoms with E-state index in [4.69, 9.17) is 5.11 Å². The average molecular weight is 243 g/mol. The summed E-state index contributed by atoms with van der Waals surface area (Å²) in [5, 5.41) is 17.4. The van der Waals surface area contributed by atoms with Crippen LogP contribution in [-0.4, -0.2) is 31.6 Å². The molecule has 0 aromatic carbocycles. The molecule has 6 heteroatoms. The first-order valence-electron chi connectivity index (χ1n) is 5.32. The van der Waals surface area contributed by atoms with E-state index in [1.165, 1.54) is 0 Å². The Morgan fingerprint density at radius 2 is 2.12 bits per heavy atom. The molecule has 5 nitrogen and oxygen atoms in total. The SMILES string of the molecule is Cc1nnc(SCCCCCC(=O)O)n1C. The van der Waals surface area contributed by atoms with Crippen LogP contribution in [0.1, 0.15) is 31.5 Å². The monoisotopic (exact) mass is 243 g/mol. The van der Waals surface area contributed by atoms with E-state index in [1.54, 1.807) is 11.8 Å². The highest BCUT2D eigenvalue weighted by Gasteiger charge is 2.04. The van der Waals surface area contributed by atoms with E-state index < -0.39 is 5.97 Å². The summed E-state index contributed by atoms with van der Waals surface area (Å²) in [6.07, 6.45) is 3.00. The van der Waals surface area contributed by atoms with Gasteiger partial charge in [0.1, 0.15) is 5.82 Å². The lowest BCUT2D eigenvalue weighted by atomic mass is 10.2. The van der Waals surface area contributed by atoms with Gasteiger partial charge in [-0.25, -0.2) is 0 Å². The summed E-state index contributed by atoms with van der Waals surface area (Å²) in [6, 6.07) is 0. The van der Waals surface area contributed by atoms with Gasteiger partial charge in [0, 0.05) is 19.2 Å². The molecule has 0 spiro atoms. The molecule has 0 bridgehead atoms. The molecule has 1 rings (SSSR count). The first kappa shape index (κ1) is 13.0. The number of thioether (sulfide) groups is 1. The van der Waals surface area contributed by atoms with Crippen molar-refractivity contribution in [3.05, 3.63) is 5.82 Å². The molecule has 0 aliphatic carbocycles. The Morgan fingerprint density at radius 3 is 2.69 bits per heavy atom. The number of aryl methyl sites for hydroxylation is 1. The van der Waals surface area contributed by atoms with E-state index in [1.807, 2.05) is 18.5 Å². The molecule has 0 amide bonds. The molecule has 0 fully saturated rings. The molecule has 1 heterocycles. The average Bonchev–Trinajstić information content (AvgIpc) is 2.54. The van der Waals surface area contributed by atoms with E-state index in [9.17, 15) is 4.79 Å². The Hall–Kier alpha value is -1.04. The third-order valence-electron chi connectivity index (χ3n) is 2.32. The molecule has 0 atom stereocenters. The zero-order valence-electron chi connectivity index (χ0n) is 9.64. The van der Waals surface area contributed by atoms with Gasteiger partial charge in [-0.15, -0.1) is 10.2 Å². The lowest BCUT2D eigenvalue weighted by Gasteiger charge is -2.01. The third-order valence-corrected chi connectivity index (χ3v) is 3.43. The van der Waals surface area contributed by atoms with Gasteiger partial charge in [0.25, 0.3) is 0 Å². The minimum Gasteiger partial charge on any atom is -0.481 e. The lowest BCUT2D eigenvalue weighted by Crippen LogP contribution is -1.95. The van der Waals surface area contributed by atoms with Crippen molar-refractivity contribution in [2.75, 3.05) is 5.75 Å². The molecule has 0 aliphatic heterocycles. The fourth-order valence-corrected chi connectivity index (χ4v) is 2.19. The molecular weight excluding hydrogens is 226 g/mol. The first-order valence-corrected chi connectivity index (χ1v) is 6.30. The summed E-state index contributed by atoms with van der Waals surface area (Å²) in [7, 11) is 1.95. The van der Waals surface area contributed by atoms with Crippen molar-refractivity contribution in [1.82, 2.24) is 14.8 Å². The van der Waals surface area contributed by atoms with Gasteiger partial charge in [0.15, 0.2) is 5.16 Å². The van der Waals surface area contributed by atoms with E-state index in [0.717, 1.165) is 36.0 Å². The summed E-state index contributed by atoms with van der Waals surface area (Å²) in [5.74, 6) is 1.16. The summed E-state index contributed by atoms with van der Waals surface area (Å²) < 4.78 is 1.96. The van der Waals surface area contributed by atoms with Crippen LogP contribution in [0.3, 0.4) is 0 Å². The van der Waals surface area contributed by atoms with E-state index in [-0.39, 0.29) is 6.42 Å². The third kappa shape index (κ3) is 4.22. The zero-order valence-corrected chi connectivity index (χ0v) is 10.5. The van der Waals surface area contributed by atoms with Gasteiger partial charge >= 0.3 is 5.97 Å². The van der Waals surface area contributed by atoms with Crippen LogP contribution in [0.25, 0.3) is 0 Å². The molecular formula is C10H17N3O2S. The Morgan fingerprint density at radius 1 is 1.38 bits per heavy atom. The van der Waals surface area contributed by atoms with Gasteiger partial charge in [-0.2, -0.15) is 0 Å². The van der Waals surface area contributed by atoms with Crippen molar-refractivity contribution >= 4 is 17.7 Å². The number of carbonyl (C=O) groups is 1. The number of unbranched alkanes of at least 4 members (excludes halogenated alkanes) is 2. The van der Waals surface area contributed by atoms with Crippen LogP contribution in [0.15, 0.2) is 5.16 Å². The molecule has 0 radical (unpaired) electrons. The number of nitrogens with zero attached hydrogens (tertiary/aromatic N) is 3. The van der Waals surface area contributed by atoms with E-state index >= 15 is 0 Å². The van der Waals surface area contributed by atoms with Crippen LogP contribution in [0.2, 0.25) is 0 Å². The Kier molecular flexibility index (Phi) is 5.31. The van der Waals surface area contributed by atoms with Crippen LogP contribution in [0.4, 0.5) is 0 Å². The van der Waals surface area contributed by atoms with Gasteiger partial charge < -0.3 is 9.67 Å². The second kappa shape index (κ2) is 6.52. The molecule has 1 aromatic heterocycles. The van der Waals surface area contributed by atoms with E-state index in [0.29, 0.717) is 0 Å². The molecule has 90 valence electrons. The highest BCUT2D eigenvalue weighted by Crippen LogP contribution is 2.17. The van der Waals surface area contributed by atoms with Crippen molar-refractivity contribution in [3.63, 3.8) is 0 Å². The molecule has 16 heavy (non-hydrogen) atoms. The van der Waals surface area contributed by atoms with Crippen molar-refractivity contribution in [2.45, 2.75) is 37.8 Å². The standard InChI is InChI=1S/C10H17N3O2S/c1-8-11-12-10(13(8)2)16-7-5-3-4-6-9(14)15/h3-7H2,1-2H3,(H,14,15). The van der Waals surface area contributed by atoms with E-state index in [2.05, 4.69) is 10.2 Å². The van der Waals surface area contributed by atoms with Gasteiger partial charge in [0.2, 0.25) is 0 Å². The number of carboxylic acids is 1. The molecule has 1 N–H and O–H groups in total. The lowest BCUT2D eigenvalue weighted by molar-refractivity contribution is -0.137. The highest BCUT2D eigenvalue weighted by atomic mass is 32.2. The van der Waals surface area contributed by atoms with Gasteiger partial charge in [-0.05, 0) is 19.8 Å². The van der Waals surface area contributed by atoms with Crippen molar-refractivity contribution in [3.8, 4) is 0 Å². The number of carboxylic acid groups (broad SMARTS) is 1. The molecule has 0 aliphatic rings. The van der Waals surface area contributed by atoms with Gasteiger partial charge in [-0.3, -0.25) is 4.79 Å². The second-order valence-corrected chi connectivity index (χ2v) is 4.70. The maximum atomic E-state index is 10.3. The highest BCUT2D eigenvalue weighted by molar-refractivity contribution is 7.99. The topological polar surface area (TPSA) is 68.0 Å². The first-order chi connectivity index (χ1) is 7.61. The number of hydrogen-bond donors (Lipinski definition) is 1. The largest absolute Gasteiger partial charge is 0.481 e. The van der Waals surface area contributed by atoms with Crippen LogP contribution >= 0.6 is 11.8 Å². The maximum Gasteiger partial charge on any atom is 0.303 e. The number of aromatic nitrogens is 3. The van der Waals surface area contributed by atoms with Crippen molar-refractivity contribution < 1.29 is 9.90 Å². The van der Waals surface area contributed by atoms with Crippen molar-refractivity contribution in [2.24, 2.45) is 7.05 Å². The second-order valence-electron chi connectivity index (χ2n) is 3.64. The molecule has 1 aromatic rings. The van der Waals surface area contributed by atoms with Gasteiger partial charge in [-0.1, -0.05) is 18.2 Å². The molecule has 0 saturated carbocycles.